The predicted octanol–water partition coefficient (Wildman–Crippen LogP) is 2.56. The van der Waals surface area contributed by atoms with E-state index in [1.165, 1.54) is 19.3 Å². The van der Waals surface area contributed by atoms with Crippen molar-refractivity contribution < 1.29 is 28.7 Å². The Bertz CT molecular complexity index is 1070. The lowest BCUT2D eigenvalue weighted by molar-refractivity contribution is -0.148. The number of aryl methyl sites for hydroxylation is 2. The van der Waals surface area contributed by atoms with Crippen molar-refractivity contribution in [2.24, 2.45) is 0 Å². The number of hydrogen-bond donors (Lipinski definition) is 5. The van der Waals surface area contributed by atoms with Crippen molar-refractivity contribution in [1.29, 1.82) is 0 Å². The van der Waals surface area contributed by atoms with Gasteiger partial charge in [0.05, 0.1) is 6.42 Å². The highest BCUT2D eigenvalue weighted by Gasteiger charge is 2.19. The molecule has 0 radical (unpaired) electrons. The molecule has 1 atom stereocenters. The van der Waals surface area contributed by atoms with Crippen molar-refractivity contribution >= 4 is 36.5 Å². The first-order valence-electron chi connectivity index (χ1n) is 14.4. The molecule has 4 N–H and O–H groups in total. The SMILES string of the molecule is O=C(COC(=O)C[C@H](S)CNC(=O)c1cc2c([nH]c1=O)CCCC2)NCCCNC(=O)OC1CCCCCCC1. The third-order valence-corrected chi connectivity index (χ3v) is 7.48. The van der Waals surface area contributed by atoms with Gasteiger partial charge in [-0.1, -0.05) is 19.3 Å². The fraction of sp³-hybridized carbons (Fsp3) is 0.679. The Hall–Kier alpha value is -3.02. The summed E-state index contributed by atoms with van der Waals surface area (Å²) in [6, 6.07) is 1.64. The maximum Gasteiger partial charge on any atom is 0.407 e. The van der Waals surface area contributed by atoms with Crippen molar-refractivity contribution in [2.45, 2.75) is 94.8 Å². The summed E-state index contributed by atoms with van der Waals surface area (Å²) >= 11 is 4.31. The molecule has 2 aliphatic carbocycles. The first kappa shape index (κ1) is 31.5. The number of H-pyrrole nitrogens is 1. The summed E-state index contributed by atoms with van der Waals surface area (Å²) in [5, 5.41) is 7.41. The number of hydrogen-bond acceptors (Lipinski definition) is 8. The van der Waals surface area contributed by atoms with Gasteiger partial charge in [-0.15, -0.1) is 0 Å². The summed E-state index contributed by atoms with van der Waals surface area (Å²) in [4.78, 5) is 63.5. The van der Waals surface area contributed by atoms with E-state index in [0.29, 0.717) is 19.5 Å². The van der Waals surface area contributed by atoms with E-state index in [2.05, 4.69) is 33.6 Å². The van der Waals surface area contributed by atoms with Gasteiger partial charge in [-0.3, -0.25) is 19.2 Å². The van der Waals surface area contributed by atoms with Gasteiger partial charge in [0.1, 0.15) is 11.7 Å². The van der Waals surface area contributed by atoms with E-state index < -0.39 is 41.3 Å². The van der Waals surface area contributed by atoms with Gasteiger partial charge in [-0.2, -0.15) is 12.6 Å². The zero-order chi connectivity index (χ0) is 28.7. The molecule has 0 aromatic carbocycles. The van der Waals surface area contributed by atoms with Gasteiger partial charge in [-0.25, -0.2) is 4.79 Å². The summed E-state index contributed by atoms with van der Waals surface area (Å²) in [7, 11) is 0. The highest BCUT2D eigenvalue weighted by molar-refractivity contribution is 7.81. The molecule has 1 saturated carbocycles. The number of rotatable bonds is 12. The van der Waals surface area contributed by atoms with Crippen LogP contribution in [0.3, 0.4) is 0 Å². The minimum atomic E-state index is -0.630. The van der Waals surface area contributed by atoms with E-state index in [1.807, 2.05) is 0 Å². The number of pyridine rings is 1. The lowest BCUT2D eigenvalue weighted by Gasteiger charge is -2.20. The normalized spacial score (nSPS) is 16.4. The van der Waals surface area contributed by atoms with Crippen LogP contribution in [0.1, 0.15) is 92.2 Å². The molecule has 40 heavy (non-hydrogen) atoms. The van der Waals surface area contributed by atoms with Gasteiger partial charge in [0, 0.05) is 30.6 Å². The van der Waals surface area contributed by atoms with Crippen molar-refractivity contribution in [1.82, 2.24) is 20.9 Å². The maximum absolute atomic E-state index is 12.5. The number of aromatic amines is 1. The van der Waals surface area contributed by atoms with Crippen LogP contribution in [0.15, 0.2) is 10.9 Å². The predicted molar refractivity (Wildman–Crippen MR) is 153 cm³/mol. The Morgan fingerprint density at radius 2 is 1.65 bits per heavy atom. The molecule has 2 aliphatic rings. The molecule has 1 aromatic heterocycles. The number of carbonyl (C=O) groups excluding carboxylic acids is 4. The van der Waals surface area contributed by atoms with Gasteiger partial charge in [0.25, 0.3) is 17.4 Å². The molecule has 0 bridgehead atoms. The number of ether oxygens (including phenoxy) is 2. The maximum atomic E-state index is 12.5. The van der Waals surface area contributed by atoms with Crippen LogP contribution in [0.4, 0.5) is 4.79 Å². The molecule has 0 saturated heterocycles. The molecule has 0 unspecified atom stereocenters. The highest BCUT2D eigenvalue weighted by atomic mass is 32.1. The van der Waals surface area contributed by atoms with E-state index >= 15 is 0 Å². The average Bonchev–Trinajstić information content (AvgIpc) is 2.91. The first-order valence-corrected chi connectivity index (χ1v) is 14.9. The fourth-order valence-electron chi connectivity index (χ4n) is 4.91. The van der Waals surface area contributed by atoms with E-state index in [1.54, 1.807) is 6.07 Å². The Kier molecular flexibility index (Phi) is 13.3. The van der Waals surface area contributed by atoms with E-state index in [4.69, 9.17) is 9.47 Å². The largest absolute Gasteiger partial charge is 0.456 e. The van der Waals surface area contributed by atoms with Crippen molar-refractivity contribution in [3.8, 4) is 0 Å². The van der Waals surface area contributed by atoms with Gasteiger partial charge >= 0.3 is 12.1 Å². The minimum absolute atomic E-state index is 0.0266. The van der Waals surface area contributed by atoms with Gasteiger partial charge in [0.15, 0.2) is 6.61 Å². The second-order valence-electron chi connectivity index (χ2n) is 10.5. The standard InChI is InChI=1S/C28H42N4O7S/c33-24(29-13-8-14-30-28(37)39-20-10-4-2-1-3-5-11-20)18-38-25(34)16-21(40)17-31-26(35)22-15-19-9-6-7-12-23(19)32-27(22)36/h15,20-21,40H,1-14,16-18H2,(H,29,33)(H,30,37)(H,31,35)(H,32,36)/t21-/m0/s1. The van der Waals surface area contributed by atoms with Gasteiger partial charge in [-0.05, 0) is 69.4 Å². The van der Waals surface area contributed by atoms with Crippen LogP contribution < -0.4 is 21.5 Å². The number of amides is 3. The molecule has 222 valence electrons. The first-order chi connectivity index (χ1) is 19.3. The van der Waals surface area contributed by atoms with Crippen molar-refractivity contribution in [3.05, 3.63) is 33.2 Å². The molecular formula is C28H42N4O7S. The number of esters is 1. The third kappa shape index (κ3) is 11.2. The third-order valence-electron chi connectivity index (χ3n) is 7.12. The van der Waals surface area contributed by atoms with Crippen LogP contribution in [-0.4, -0.2) is 66.5 Å². The molecule has 3 amide bonds. The van der Waals surface area contributed by atoms with Crippen molar-refractivity contribution in [2.75, 3.05) is 26.2 Å². The molecule has 3 rings (SSSR count). The lowest BCUT2D eigenvalue weighted by atomic mass is 9.95. The zero-order valence-electron chi connectivity index (χ0n) is 23.1. The molecule has 1 heterocycles. The molecule has 0 aliphatic heterocycles. The molecule has 1 fully saturated rings. The van der Waals surface area contributed by atoms with Crippen LogP contribution in [0.2, 0.25) is 0 Å². The summed E-state index contributed by atoms with van der Waals surface area (Å²) in [6.45, 7) is 0.280. The van der Waals surface area contributed by atoms with E-state index in [9.17, 15) is 24.0 Å². The molecule has 11 nitrogen and oxygen atoms in total. The topological polar surface area (TPSA) is 156 Å². The molecular weight excluding hydrogens is 536 g/mol. The summed E-state index contributed by atoms with van der Waals surface area (Å²) in [5.41, 5.74) is 1.49. The van der Waals surface area contributed by atoms with Crippen LogP contribution in [0, 0.1) is 0 Å². The Morgan fingerprint density at radius 1 is 0.950 bits per heavy atom. The second-order valence-corrected chi connectivity index (χ2v) is 11.2. The van der Waals surface area contributed by atoms with Crippen LogP contribution in [0.5, 0.6) is 0 Å². The number of aromatic nitrogens is 1. The van der Waals surface area contributed by atoms with Crippen LogP contribution in [0.25, 0.3) is 0 Å². The number of fused-ring (bicyclic) bond motifs is 1. The Morgan fingerprint density at radius 3 is 2.42 bits per heavy atom. The van der Waals surface area contributed by atoms with E-state index in [-0.39, 0.29) is 24.6 Å². The summed E-state index contributed by atoms with van der Waals surface area (Å²) in [6.07, 6.45) is 11.2. The monoisotopic (exact) mass is 578 g/mol. The lowest BCUT2D eigenvalue weighted by Crippen LogP contribution is -2.36. The summed E-state index contributed by atoms with van der Waals surface area (Å²) in [5.74, 6) is -1.61. The summed E-state index contributed by atoms with van der Waals surface area (Å²) < 4.78 is 10.5. The quantitative estimate of drug-likeness (QED) is 0.145. The minimum Gasteiger partial charge on any atom is -0.456 e. The average molecular weight is 579 g/mol. The second kappa shape index (κ2) is 16.9. The highest BCUT2D eigenvalue weighted by Crippen LogP contribution is 2.20. The zero-order valence-corrected chi connectivity index (χ0v) is 24.0. The Balaban J connectivity index is 1.23. The number of carbonyl (C=O) groups is 4. The fourth-order valence-corrected chi connectivity index (χ4v) is 5.15. The number of alkyl carbamates (subject to hydrolysis) is 1. The number of nitrogens with one attached hydrogen (secondary N) is 4. The van der Waals surface area contributed by atoms with Crippen molar-refractivity contribution in [3.63, 3.8) is 0 Å². The molecule has 1 aromatic rings. The van der Waals surface area contributed by atoms with E-state index in [0.717, 1.165) is 62.6 Å². The Labute approximate surface area is 240 Å². The van der Waals surface area contributed by atoms with Crippen LogP contribution >= 0.6 is 12.6 Å². The smallest absolute Gasteiger partial charge is 0.407 e. The number of thiol groups is 1. The molecule has 0 spiro atoms. The molecule has 12 heteroatoms. The van der Waals surface area contributed by atoms with Gasteiger partial charge in [0.2, 0.25) is 0 Å². The van der Waals surface area contributed by atoms with Crippen LogP contribution in [-0.2, 0) is 31.9 Å². The van der Waals surface area contributed by atoms with Gasteiger partial charge < -0.3 is 30.4 Å².